The molecule has 0 heterocycles. The van der Waals surface area contributed by atoms with Gasteiger partial charge in [-0.2, -0.15) is 0 Å². The van der Waals surface area contributed by atoms with Crippen molar-refractivity contribution >= 4 is 11.9 Å². The molecule has 10 heteroatoms. The second kappa shape index (κ2) is 7.99. The number of hydrogen-bond acceptors (Lipinski definition) is 9. The van der Waals surface area contributed by atoms with Crippen molar-refractivity contribution in [2.24, 2.45) is 0 Å². The first-order valence-electron chi connectivity index (χ1n) is 5.13. The lowest BCUT2D eigenvalue weighted by Gasteiger charge is -2.24. The number of esters is 1. The predicted octanol–water partition coefficient (Wildman–Crippen LogP) is -4.59. The van der Waals surface area contributed by atoms with Crippen LogP contribution in [-0.2, 0) is 14.3 Å². The van der Waals surface area contributed by atoms with E-state index in [0.29, 0.717) is 0 Å². The van der Waals surface area contributed by atoms with E-state index in [1.165, 1.54) is 0 Å². The fraction of sp³-hybridized carbons (Fsp3) is 0.778. The van der Waals surface area contributed by atoms with Crippen LogP contribution in [0.5, 0.6) is 0 Å². The van der Waals surface area contributed by atoms with E-state index in [2.05, 4.69) is 4.74 Å². The van der Waals surface area contributed by atoms with Crippen molar-refractivity contribution in [2.75, 3.05) is 13.2 Å². The van der Waals surface area contributed by atoms with Crippen LogP contribution >= 0.6 is 0 Å². The first-order valence-corrected chi connectivity index (χ1v) is 5.13. The summed E-state index contributed by atoms with van der Waals surface area (Å²) < 4.78 is 4.33. The Kier molecular flexibility index (Phi) is 7.44. The molecule has 0 aromatic carbocycles. The van der Waals surface area contributed by atoms with Crippen LogP contribution in [0, 0.1) is 0 Å². The van der Waals surface area contributed by atoms with Gasteiger partial charge >= 0.3 is 11.9 Å². The maximum absolute atomic E-state index is 11.2. The molecule has 112 valence electrons. The second-order valence-electron chi connectivity index (χ2n) is 3.63. The highest BCUT2D eigenvalue weighted by molar-refractivity contribution is 5.76. The highest BCUT2D eigenvalue weighted by atomic mass is 16.6. The van der Waals surface area contributed by atoms with Gasteiger partial charge in [-0.25, -0.2) is 9.59 Å². The van der Waals surface area contributed by atoms with E-state index >= 15 is 0 Å². The Morgan fingerprint density at radius 2 is 1.32 bits per heavy atom. The maximum Gasteiger partial charge on any atom is 0.338 e. The lowest BCUT2D eigenvalue weighted by atomic mass is 10.0. The van der Waals surface area contributed by atoms with E-state index in [1.807, 2.05) is 0 Å². The summed E-state index contributed by atoms with van der Waals surface area (Å²) in [5.41, 5.74) is 0. The summed E-state index contributed by atoms with van der Waals surface area (Å²) in [6, 6.07) is 0. The van der Waals surface area contributed by atoms with E-state index in [9.17, 15) is 24.9 Å². The molecule has 0 aliphatic carbocycles. The molecule has 0 amide bonds. The van der Waals surface area contributed by atoms with Crippen LogP contribution in [0.4, 0.5) is 0 Å². The molecule has 0 fully saturated rings. The van der Waals surface area contributed by atoms with Gasteiger partial charge in [-0.3, -0.25) is 0 Å². The largest absolute Gasteiger partial charge is 0.479 e. The van der Waals surface area contributed by atoms with E-state index in [-0.39, 0.29) is 0 Å². The molecule has 0 unspecified atom stereocenters. The summed E-state index contributed by atoms with van der Waals surface area (Å²) in [5.74, 6) is -3.37. The molecule has 0 radical (unpaired) electrons. The molecular weight excluding hydrogens is 268 g/mol. The Labute approximate surface area is 107 Å². The molecule has 0 bridgehead atoms. The van der Waals surface area contributed by atoms with Crippen LogP contribution in [0.1, 0.15) is 0 Å². The summed E-state index contributed by atoms with van der Waals surface area (Å²) in [6.07, 6.45) is -10.8. The lowest BCUT2D eigenvalue weighted by Crippen LogP contribution is -2.51. The fourth-order valence-electron chi connectivity index (χ4n) is 1.03. The quantitative estimate of drug-likeness (QED) is 0.214. The zero-order valence-corrected chi connectivity index (χ0v) is 9.66. The molecule has 0 saturated carbocycles. The van der Waals surface area contributed by atoms with Gasteiger partial charge in [-0.1, -0.05) is 0 Å². The average molecular weight is 284 g/mol. The van der Waals surface area contributed by atoms with Gasteiger partial charge in [0, 0.05) is 0 Å². The summed E-state index contributed by atoms with van der Waals surface area (Å²) in [5, 5.41) is 62.2. The molecule has 10 nitrogen and oxygen atoms in total. The number of aliphatic carboxylic acids is 1. The van der Waals surface area contributed by atoms with Crippen molar-refractivity contribution in [1.82, 2.24) is 0 Å². The molecule has 0 aromatic rings. The second-order valence-corrected chi connectivity index (χ2v) is 3.63. The van der Waals surface area contributed by atoms with Gasteiger partial charge < -0.3 is 40.5 Å². The monoisotopic (exact) mass is 284 g/mol. The number of hydrogen-bond donors (Lipinski definition) is 7. The van der Waals surface area contributed by atoms with Crippen LogP contribution in [-0.4, -0.2) is 91.4 Å². The molecular formula is C9H16O10. The molecule has 0 aliphatic rings. The van der Waals surface area contributed by atoms with Gasteiger partial charge in [0.15, 0.2) is 12.2 Å². The molecule has 19 heavy (non-hydrogen) atoms. The lowest BCUT2D eigenvalue weighted by molar-refractivity contribution is -0.182. The number of carbonyl (C=O) groups is 2. The first-order chi connectivity index (χ1) is 8.76. The van der Waals surface area contributed by atoms with Crippen LogP contribution in [0.2, 0.25) is 0 Å². The SMILES string of the molecule is O=C(O)[C@@H](O)[C@@H](O)[C@H](O)[C@@H](O)C(=O)OC(CO)CO. The third-order valence-corrected chi connectivity index (χ3v) is 2.18. The standard InChI is InChI=1S/C9H16O10/c10-1-3(2-11)19-9(18)7(15)5(13)4(12)6(14)8(16)17/h3-7,10-15H,1-2H2,(H,16,17)/t4-,5-,6-,7+/m0/s1. The number of carboxylic acids is 1. The van der Waals surface area contributed by atoms with Crippen LogP contribution in [0.15, 0.2) is 0 Å². The third-order valence-electron chi connectivity index (χ3n) is 2.18. The number of rotatable bonds is 8. The van der Waals surface area contributed by atoms with Gasteiger partial charge in [0.1, 0.15) is 18.3 Å². The minimum atomic E-state index is -2.41. The van der Waals surface area contributed by atoms with Crippen molar-refractivity contribution in [1.29, 1.82) is 0 Å². The molecule has 0 aromatic heterocycles. The Morgan fingerprint density at radius 3 is 1.68 bits per heavy atom. The Morgan fingerprint density at radius 1 is 0.895 bits per heavy atom. The summed E-state index contributed by atoms with van der Waals surface area (Å²) in [7, 11) is 0. The third kappa shape index (κ3) is 5.06. The number of aliphatic hydroxyl groups is 6. The first kappa shape index (κ1) is 17.7. The molecule has 0 spiro atoms. The molecule has 4 atom stereocenters. The number of carboxylic acid groups (broad SMARTS) is 1. The highest BCUT2D eigenvalue weighted by Gasteiger charge is 2.38. The minimum absolute atomic E-state index is 0.745. The van der Waals surface area contributed by atoms with Gasteiger partial charge in [0.05, 0.1) is 13.2 Å². The van der Waals surface area contributed by atoms with E-state index < -0.39 is 55.7 Å². The van der Waals surface area contributed by atoms with Gasteiger partial charge in [-0.15, -0.1) is 0 Å². The van der Waals surface area contributed by atoms with Crippen LogP contribution < -0.4 is 0 Å². The Hall–Kier alpha value is -1.30. The smallest absolute Gasteiger partial charge is 0.338 e. The van der Waals surface area contributed by atoms with E-state index in [1.54, 1.807) is 0 Å². The van der Waals surface area contributed by atoms with Crippen molar-refractivity contribution < 1.29 is 50.1 Å². The van der Waals surface area contributed by atoms with Gasteiger partial charge in [-0.05, 0) is 0 Å². The normalized spacial score (nSPS) is 17.6. The number of aliphatic hydroxyl groups excluding tert-OH is 6. The maximum atomic E-state index is 11.2. The van der Waals surface area contributed by atoms with Crippen molar-refractivity contribution in [3.05, 3.63) is 0 Å². The zero-order chi connectivity index (χ0) is 15.2. The molecule has 0 rings (SSSR count). The van der Waals surface area contributed by atoms with Crippen molar-refractivity contribution in [3.8, 4) is 0 Å². The van der Waals surface area contributed by atoms with Crippen LogP contribution in [0.25, 0.3) is 0 Å². The molecule has 7 N–H and O–H groups in total. The number of ether oxygens (including phenoxy) is 1. The Balaban J connectivity index is 4.58. The average Bonchev–Trinajstić information content (AvgIpc) is 2.40. The zero-order valence-electron chi connectivity index (χ0n) is 9.66. The van der Waals surface area contributed by atoms with Gasteiger partial charge in [0.2, 0.25) is 0 Å². The van der Waals surface area contributed by atoms with Crippen molar-refractivity contribution in [2.45, 2.75) is 30.5 Å². The van der Waals surface area contributed by atoms with Crippen molar-refractivity contribution in [3.63, 3.8) is 0 Å². The fourth-order valence-corrected chi connectivity index (χ4v) is 1.03. The van der Waals surface area contributed by atoms with E-state index in [4.69, 9.17) is 20.4 Å². The number of carbonyl (C=O) groups excluding carboxylic acids is 1. The van der Waals surface area contributed by atoms with E-state index in [0.717, 1.165) is 0 Å². The Bertz CT molecular complexity index is 301. The highest BCUT2D eigenvalue weighted by Crippen LogP contribution is 2.08. The summed E-state index contributed by atoms with van der Waals surface area (Å²) in [6.45, 7) is -1.49. The predicted molar refractivity (Wildman–Crippen MR) is 55.7 cm³/mol. The summed E-state index contributed by atoms with van der Waals surface area (Å²) >= 11 is 0. The van der Waals surface area contributed by atoms with Crippen LogP contribution in [0.3, 0.4) is 0 Å². The minimum Gasteiger partial charge on any atom is -0.479 e. The van der Waals surface area contributed by atoms with Gasteiger partial charge in [0.25, 0.3) is 0 Å². The molecule has 0 saturated heterocycles. The molecule has 0 aliphatic heterocycles. The topological polar surface area (TPSA) is 185 Å². The summed E-state index contributed by atoms with van der Waals surface area (Å²) in [4.78, 5) is 21.5.